The van der Waals surface area contributed by atoms with Crippen LogP contribution < -0.4 is 5.32 Å². The van der Waals surface area contributed by atoms with Crippen molar-refractivity contribution < 1.29 is 14.7 Å². The third kappa shape index (κ3) is 6.40. The second kappa shape index (κ2) is 11.9. The van der Waals surface area contributed by atoms with Crippen molar-refractivity contribution in [2.24, 2.45) is 4.99 Å². The Balaban J connectivity index is 1.75. The number of rotatable bonds is 8. The van der Waals surface area contributed by atoms with Gasteiger partial charge in [0.2, 0.25) is 0 Å². The van der Waals surface area contributed by atoms with Crippen LogP contribution in [0.3, 0.4) is 0 Å². The summed E-state index contributed by atoms with van der Waals surface area (Å²) in [6.07, 6.45) is 3.15. The summed E-state index contributed by atoms with van der Waals surface area (Å²) in [7, 11) is 0. The van der Waals surface area contributed by atoms with Crippen LogP contribution in [0.25, 0.3) is 0 Å². The van der Waals surface area contributed by atoms with Crippen molar-refractivity contribution in [2.75, 3.05) is 5.32 Å². The van der Waals surface area contributed by atoms with Gasteiger partial charge >= 0.3 is 5.97 Å². The van der Waals surface area contributed by atoms with Gasteiger partial charge in [0.25, 0.3) is 5.91 Å². The maximum Gasteiger partial charge on any atom is 0.333 e. The second-order valence-corrected chi connectivity index (χ2v) is 8.74. The number of benzene rings is 3. The number of carbonyl (C=O) groups excluding carboxylic acids is 1. The molecule has 0 unspecified atom stereocenters. The number of nitrogens with zero attached hydrogens (tertiary/aromatic N) is 2. The molecule has 0 fully saturated rings. The molecule has 1 aromatic heterocycles. The zero-order chi connectivity index (χ0) is 25.3. The molecule has 0 aliphatic heterocycles. The zero-order valence-electron chi connectivity index (χ0n) is 19.1. The smallest absolute Gasteiger partial charge is 0.333 e. The van der Waals surface area contributed by atoms with Gasteiger partial charge in [-0.15, -0.1) is 0 Å². The number of carboxylic acids is 1. The van der Waals surface area contributed by atoms with Crippen LogP contribution in [0.1, 0.15) is 27.2 Å². The highest BCUT2D eigenvalue weighted by atomic mass is 79.9. The fraction of sp³-hybridized carbons (Fsp3) is 0.0345. The van der Waals surface area contributed by atoms with Gasteiger partial charge in [0.15, 0.2) is 0 Å². The monoisotopic (exact) mass is 539 g/mol. The Kier molecular flexibility index (Phi) is 8.16. The SMILES string of the molecule is O=C(O)/C(=C\N=C(c1ccccc1)c1ccccc1NC(=O)c1ccccn1)Cc1ccc(Br)cc1. The number of carboxylic acid groups (broad SMARTS) is 1. The zero-order valence-corrected chi connectivity index (χ0v) is 20.7. The van der Waals surface area contributed by atoms with Gasteiger partial charge in [-0.05, 0) is 35.9 Å². The molecular weight excluding hydrogens is 518 g/mol. The molecule has 36 heavy (non-hydrogen) atoms. The average molecular weight is 540 g/mol. The van der Waals surface area contributed by atoms with Crippen LogP contribution in [0.2, 0.25) is 0 Å². The Morgan fingerprint density at radius 1 is 0.889 bits per heavy atom. The van der Waals surface area contributed by atoms with E-state index < -0.39 is 5.97 Å². The molecule has 0 saturated heterocycles. The summed E-state index contributed by atoms with van der Waals surface area (Å²) in [5.41, 5.74) is 3.77. The molecule has 0 saturated carbocycles. The predicted octanol–water partition coefficient (Wildman–Crippen LogP) is 6.15. The first-order valence-corrected chi connectivity index (χ1v) is 11.9. The van der Waals surface area contributed by atoms with Crippen molar-refractivity contribution >= 4 is 39.2 Å². The van der Waals surface area contributed by atoms with Crippen LogP contribution in [-0.4, -0.2) is 27.7 Å². The molecule has 3 aromatic carbocycles. The molecular formula is C29H22BrN3O3. The molecule has 4 aromatic rings. The molecule has 6 nitrogen and oxygen atoms in total. The number of para-hydroxylation sites is 1. The van der Waals surface area contributed by atoms with Gasteiger partial charge in [-0.2, -0.15) is 0 Å². The van der Waals surface area contributed by atoms with Gasteiger partial charge in [0.05, 0.1) is 17.0 Å². The first kappa shape index (κ1) is 24.8. The lowest BCUT2D eigenvalue weighted by atomic mass is 10.00. The highest BCUT2D eigenvalue weighted by molar-refractivity contribution is 9.10. The van der Waals surface area contributed by atoms with Crippen LogP contribution in [0.15, 0.2) is 124 Å². The van der Waals surface area contributed by atoms with Gasteiger partial charge in [-0.1, -0.05) is 82.7 Å². The highest BCUT2D eigenvalue weighted by Crippen LogP contribution is 2.22. The lowest BCUT2D eigenvalue weighted by Gasteiger charge is -2.13. The molecule has 2 N–H and O–H groups in total. The number of halogens is 1. The molecule has 178 valence electrons. The molecule has 0 aliphatic carbocycles. The normalized spacial score (nSPS) is 11.7. The molecule has 0 aliphatic rings. The largest absolute Gasteiger partial charge is 0.478 e. The van der Waals surface area contributed by atoms with Crippen molar-refractivity contribution in [2.45, 2.75) is 6.42 Å². The first-order chi connectivity index (χ1) is 17.5. The number of aliphatic imine (C=N–C) groups is 1. The number of amides is 1. The summed E-state index contributed by atoms with van der Waals surface area (Å²) < 4.78 is 0.917. The van der Waals surface area contributed by atoms with Gasteiger partial charge in [0, 0.05) is 34.4 Å². The minimum Gasteiger partial charge on any atom is -0.478 e. The van der Waals surface area contributed by atoms with E-state index in [1.165, 1.54) is 6.20 Å². The van der Waals surface area contributed by atoms with E-state index in [-0.39, 0.29) is 23.6 Å². The lowest BCUT2D eigenvalue weighted by Crippen LogP contribution is -2.16. The number of aliphatic carboxylic acids is 1. The summed E-state index contributed by atoms with van der Waals surface area (Å²) in [4.78, 5) is 33.6. The Morgan fingerprint density at radius 3 is 2.28 bits per heavy atom. The number of anilines is 1. The van der Waals surface area contributed by atoms with E-state index in [4.69, 9.17) is 0 Å². The Labute approximate surface area is 217 Å². The molecule has 1 amide bonds. The molecule has 0 radical (unpaired) electrons. The fourth-order valence-corrected chi connectivity index (χ4v) is 3.78. The third-order valence-electron chi connectivity index (χ3n) is 5.31. The fourth-order valence-electron chi connectivity index (χ4n) is 3.52. The van der Waals surface area contributed by atoms with Crippen molar-refractivity contribution in [3.63, 3.8) is 0 Å². The van der Waals surface area contributed by atoms with Crippen molar-refractivity contribution in [3.8, 4) is 0 Å². The molecule has 1 heterocycles. The van der Waals surface area contributed by atoms with Crippen LogP contribution in [0, 0.1) is 0 Å². The first-order valence-electron chi connectivity index (χ1n) is 11.1. The van der Waals surface area contributed by atoms with E-state index >= 15 is 0 Å². The Morgan fingerprint density at radius 2 is 1.58 bits per heavy atom. The number of nitrogens with one attached hydrogen (secondary N) is 1. The topological polar surface area (TPSA) is 91.6 Å². The summed E-state index contributed by atoms with van der Waals surface area (Å²) in [6.45, 7) is 0. The van der Waals surface area contributed by atoms with Crippen LogP contribution in [0.5, 0.6) is 0 Å². The van der Waals surface area contributed by atoms with E-state index in [0.717, 1.165) is 15.6 Å². The summed E-state index contributed by atoms with van der Waals surface area (Å²) in [5, 5.41) is 12.7. The number of pyridine rings is 1. The lowest BCUT2D eigenvalue weighted by molar-refractivity contribution is -0.132. The number of aromatic nitrogens is 1. The van der Waals surface area contributed by atoms with Crippen LogP contribution >= 0.6 is 15.9 Å². The predicted molar refractivity (Wildman–Crippen MR) is 144 cm³/mol. The molecule has 0 bridgehead atoms. The van der Waals surface area contributed by atoms with Gasteiger partial charge in [-0.25, -0.2) is 4.79 Å². The molecule has 4 rings (SSSR count). The standard InChI is InChI=1S/C29H22BrN3O3/c30-23-15-13-20(14-16-23)18-22(29(35)36)19-32-27(21-8-2-1-3-9-21)24-10-4-5-11-25(24)33-28(34)26-12-6-7-17-31-26/h1-17,19H,18H2,(H,33,34)(H,35,36)/b22-19-,32-27?. The number of carbonyl (C=O) groups is 2. The van der Waals surface area contributed by atoms with Crippen molar-refractivity contribution in [1.29, 1.82) is 0 Å². The van der Waals surface area contributed by atoms with Gasteiger partial charge < -0.3 is 10.4 Å². The van der Waals surface area contributed by atoms with E-state index in [1.807, 2.05) is 72.8 Å². The Bertz CT molecular complexity index is 1420. The summed E-state index contributed by atoms with van der Waals surface area (Å²) in [5.74, 6) is -1.40. The molecule has 0 atom stereocenters. The summed E-state index contributed by atoms with van der Waals surface area (Å²) in [6, 6.07) is 29.3. The van der Waals surface area contributed by atoms with Gasteiger partial charge in [-0.3, -0.25) is 14.8 Å². The number of hydrogen-bond donors (Lipinski definition) is 2. The molecule has 7 heteroatoms. The Hall–Kier alpha value is -4.36. The van der Waals surface area contributed by atoms with E-state index in [9.17, 15) is 14.7 Å². The second-order valence-electron chi connectivity index (χ2n) is 7.82. The van der Waals surface area contributed by atoms with E-state index in [2.05, 4.69) is 31.2 Å². The highest BCUT2D eigenvalue weighted by Gasteiger charge is 2.15. The average Bonchev–Trinajstić information content (AvgIpc) is 2.91. The maximum atomic E-state index is 12.8. The minimum atomic E-state index is -1.05. The summed E-state index contributed by atoms with van der Waals surface area (Å²) >= 11 is 3.39. The maximum absolute atomic E-state index is 12.8. The molecule has 0 spiro atoms. The quantitative estimate of drug-likeness (QED) is 0.207. The van der Waals surface area contributed by atoms with E-state index in [1.54, 1.807) is 30.5 Å². The third-order valence-corrected chi connectivity index (χ3v) is 5.84. The number of hydrogen-bond acceptors (Lipinski definition) is 4. The van der Waals surface area contributed by atoms with Gasteiger partial charge in [0.1, 0.15) is 5.69 Å². The van der Waals surface area contributed by atoms with Crippen LogP contribution in [-0.2, 0) is 11.2 Å². The van der Waals surface area contributed by atoms with Crippen LogP contribution in [0.4, 0.5) is 5.69 Å². The minimum absolute atomic E-state index is 0.140. The van der Waals surface area contributed by atoms with Crippen molar-refractivity contribution in [3.05, 3.63) is 142 Å². The van der Waals surface area contributed by atoms with Crippen molar-refractivity contribution in [1.82, 2.24) is 4.98 Å². The van der Waals surface area contributed by atoms with E-state index in [0.29, 0.717) is 17.0 Å².